The molecule has 0 aliphatic rings. The monoisotopic (exact) mass is 521 g/mol. The number of esters is 1. The first-order chi connectivity index (χ1) is 16.4. The topological polar surface area (TPSA) is 158 Å². The number of nitrogens with zero attached hydrogens (tertiary/aromatic N) is 2. The molecule has 1 atom stereocenters. The smallest absolute Gasteiger partial charge is 0.442 e. The lowest BCUT2D eigenvalue weighted by molar-refractivity contribution is -0.205. The summed E-state index contributed by atoms with van der Waals surface area (Å²) in [6.45, 7) is 1.96. The van der Waals surface area contributed by atoms with Gasteiger partial charge in [-0.3, -0.25) is 10.0 Å². The quantitative estimate of drug-likeness (QED) is 0.313. The average molecular weight is 521 g/mol. The Balaban J connectivity index is 2.35. The summed E-state index contributed by atoms with van der Waals surface area (Å²) < 4.78 is 83.2. The fourth-order valence-electron chi connectivity index (χ4n) is 2.56. The van der Waals surface area contributed by atoms with Crippen LogP contribution in [0.5, 0.6) is 5.88 Å². The molecule has 0 bridgehead atoms. The number of benzene rings is 1. The van der Waals surface area contributed by atoms with Crippen LogP contribution in [0.3, 0.4) is 0 Å². The standard InChI is InChI=1S/C19H22F3N5O7S/c1-4-33-16(28)18(19(20,21)22,24-17(29)34-5-2)23-12-6-8-13(9-7-12)35(30,31)27-14-10-11-15(32-3)26-25-14/h6-11,23H,4-5H2,1-3H3,(H,24,29)(H,25,27)/t18-/m0/s1. The third-order valence-corrected chi connectivity index (χ3v) is 5.53. The van der Waals surface area contributed by atoms with Gasteiger partial charge in [-0.2, -0.15) is 13.2 Å². The van der Waals surface area contributed by atoms with Gasteiger partial charge in [0.15, 0.2) is 5.82 Å². The van der Waals surface area contributed by atoms with Gasteiger partial charge in [-0.1, -0.05) is 0 Å². The van der Waals surface area contributed by atoms with E-state index >= 15 is 0 Å². The van der Waals surface area contributed by atoms with Gasteiger partial charge in [0.05, 0.1) is 25.2 Å². The van der Waals surface area contributed by atoms with Gasteiger partial charge in [-0.15, -0.1) is 10.2 Å². The van der Waals surface area contributed by atoms with Crippen LogP contribution in [0.1, 0.15) is 13.8 Å². The summed E-state index contributed by atoms with van der Waals surface area (Å²) >= 11 is 0. The summed E-state index contributed by atoms with van der Waals surface area (Å²) in [4.78, 5) is 23.8. The number of ether oxygens (including phenoxy) is 3. The van der Waals surface area contributed by atoms with E-state index < -0.39 is 40.5 Å². The third-order valence-electron chi connectivity index (χ3n) is 4.16. The second kappa shape index (κ2) is 11.1. The first kappa shape index (κ1) is 27.4. The number of hydrogen-bond donors (Lipinski definition) is 3. The van der Waals surface area contributed by atoms with Gasteiger partial charge in [0.25, 0.3) is 10.0 Å². The number of nitrogens with one attached hydrogen (secondary N) is 3. The molecule has 0 aliphatic carbocycles. The van der Waals surface area contributed by atoms with Gasteiger partial charge in [0.2, 0.25) is 5.88 Å². The zero-order valence-corrected chi connectivity index (χ0v) is 19.5. The van der Waals surface area contributed by atoms with Gasteiger partial charge in [0.1, 0.15) is 0 Å². The van der Waals surface area contributed by atoms with Crippen molar-refractivity contribution < 1.29 is 45.4 Å². The van der Waals surface area contributed by atoms with E-state index in [4.69, 9.17) is 4.74 Å². The molecule has 0 radical (unpaired) electrons. The van der Waals surface area contributed by atoms with Gasteiger partial charge in [0, 0.05) is 11.8 Å². The SMILES string of the molecule is CCOC(=O)N[C@@](Nc1ccc(S(=O)(=O)Nc2ccc(OC)nn2)cc1)(C(=O)OCC)C(F)(F)F. The van der Waals surface area contributed by atoms with Crippen LogP contribution < -0.4 is 20.1 Å². The molecule has 192 valence electrons. The number of carbonyl (C=O) groups excluding carboxylic acids is 2. The summed E-state index contributed by atoms with van der Waals surface area (Å²) in [5, 5.41) is 10.6. The minimum absolute atomic E-state index is 0.134. The maximum atomic E-state index is 14.0. The van der Waals surface area contributed by atoms with Crippen molar-refractivity contribution in [2.75, 3.05) is 30.4 Å². The molecule has 35 heavy (non-hydrogen) atoms. The van der Waals surface area contributed by atoms with Gasteiger partial charge in [-0.25, -0.2) is 18.0 Å². The Labute approximate surface area is 198 Å². The number of hydrogen-bond acceptors (Lipinski definition) is 10. The van der Waals surface area contributed by atoms with E-state index in [9.17, 15) is 31.2 Å². The average Bonchev–Trinajstić information content (AvgIpc) is 2.78. The molecule has 16 heteroatoms. The number of aromatic nitrogens is 2. The van der Waals surface area contributed by atoms with E-state index in [1.54, 1.807) is 0 Å². The lowest BCUT2D eigenvalue weighted by Gasteiger charge is -2.34. The minimum Gasteiger partial charge on any atom is -0.480 e. The minimum atomic E-state index is -5.38. The van der Waals surface area contributed by atoms with Crippen molar-refractivity contribution >= 4 is 33.6 Å². The lowest BCUT2D eigenvalue weighted by atomic mass is 10.1. The highest BCUT2D eigenvalue weighted by Crippen LogP contribution is 2.33. The molecule has 0 aliphatic heterocycles. The van der Waals surface area contributed by atoms with Gasteiger partial charge in [-0.05, 0) is 44.2 Å². The zero-order chi connectivity index (χ0) is 26.3. The van der Waals surface area contributed by atoms with Crippen molar-refractivity contribution in [2.24, 2.45) is 0 Å². The predicted molar refractivity (Wildman–Crippen MR) is 115 cm³/mol. The van der Waals surface area contributed by atoms with Crippen LogP contribution in [0.2, 0.25) is 0 Å². The highest BCUT2D eigenvalue weighted by molar-refractivity contribution is 7.92. The molecule has 1 amide bonds. The number of carbonyl (C=O) groups is 2. The van der Waals surface area contributed by atoms with Crippen molar-refractivity contribution in [2.45, 2.75) is 30.6 Å². The molecule has 0 saturated carbocycles. The molecule has 1 heterocycles. The van der Waals surface area contributed by atoms with E-state index in [2.05, 4.69) is 24.4 Å². The number of halogens is 3. The number of anilines is 2. The summed E-state index contributed by atoms with van der Waals surface area (Å²) in [7, 11) is -2.85. The maximum Gasteiger partial charge on any atom is 0.442 e. The van der Waals surface area contributed by atoms with Crippen LogP contribution in [-0.4, -0.2) is 62.8 Å². The Bertz CT molecular complexity index is 1130. The Morgan fingerprint density at radius 3 is 2.09 bits per heavy atom. The van der Waals surface area contributed by atoms with E-state index in [0.717, 1.165) is 24.3 Å². The maximum absolute atomic E-state index is 14.0. The Hall–Kier alpha value is -3.82. The first-order valence-corrected chi connectivity index (χ1v) is 11.3. The molecular weight excluding hydrogens is 499 g/mol. The summed E-state index contributed by atoms with van der Waals surface area (Å²) in [6, 6.07) is 6.51. The fourth-order valence-corrected chi connectivity index (χ4v) is 3.56. The molecule has 2 aromatic rings. The Kier molecular flexibility index (Phi) is 8.67. The molecule has 0 spiro atoms. The van der Waals surface area contributed by atoms with Crippen molar-refractivity contribution in [3.63, 3.8) is 0 Å². The first-order valence-electron chi connectivity index (χ1n) is 9.86. The zero-order valence-electron chi connectivity index (χ0n) is 18.7. The molecule has 0 fully saturated rings. The summed E-state index contributed by atoms with van der Waals surface area (Å²) in [5.41, 5.74) is -4.08. The molecule has 3 N–H and O–H groups in total. The van der Waals surface area contributed by atoms with Crippen molar-refractivity contribution in [1.29, 1.82) is 0 Å². The third kappa shape index (κ3) is 6.62. The van der Waals surface area contributed by atoms with Crippen LogP contribution in [0, 0.1) is 0 Å². The molecule has 0 unspecified atom stereocenters. The highest BCUT2D eigenvalue weighted by Gasteiger charge is 2.64. The normalized spacial score (nSPS) is 13.2. The van der Waals surface area contributed by atoms with Crippen molar-refractivity contribution in [1.82, 2.24) is 15.5 Å². The molecule has 2 rings (SSSR count). The number of alkyl halides is 3. The second-order valence-electron chi connectivity index (χ2n) is 6.53. The van der Waals surface area contributed by atoms with E-state index in [1.807, 2.05) is 5.32 Å². The van der Waals surface area contributed by atoms with Crippen LogP contribution in [0.15, 0.2) is 41.3 Å². The molecule has 12 nitrogen and oxygen atoms in total. The van der Waals surface area contributed by atoms with Crippen molar-refractivity contribution in [3.8, 4) is 5.88 Å². The fraction of sp³-hybridized carbons (Fsp3) is 0.368. The second-order valence-corrected chi connectivity index (χ2v) is 8.21. The van der Waals surface area contributed by atoms with Crippen LogP contribution in [0.4, 0.5) is 29.5 Å². The lowest BCUT2D eigenvalue weighted by Crippen LogP contribution is -2.69. The molecule has 1 aromatic heterocycles. The number of rotatable bonds is 10. The van der Waals surface area contributed by atoms with Crippen molar-refractivity contribution in [3.05, 3.63) is 36.4 Å². The molecular formula is C19H22F3N5O7S. The van der Waals surface area contributed by atoms with Gasteiger partial charge >= 0.3 is 23.9 Å². The number of amides is 1. The highest BCUT2D eigenvalue weighted by atomic mass is 32.2. The van der Waals surface area contributed by atoms with Crippen LogP contribution in [0.25, 0.3) is 0 Å². The number of methoxy groups -OCH3 is 1. The molecule has 1 aromatic carbocycles. The van der Waals surface area contributed by atoms with Gasteiger partial charge < -0.3 is 19.5 Å². The van der Waals surface area contributed by atoms with E-state index in [1.165, 1.54) is 38.4 Å². The summed E-state index contributed by atoms with van der Waals surface area (Å²) in [6.07, 6.45) is -6.92. The van der Waals surface area contributed by atoms with E-state index in [0.29, 0.717) is 0 Å². The summed E-state index contributed by atoms with van der Waals surface area (Å²) in [5.74, 6) is -1.84. The predicted octanol–water partition coefficient (Wildman–Crippen LogP) is 2.27. The molecule has 0 saturated heterocycles. The van der Waals surface area contributed by atoms with Crippen LogP contribution in [-0.2, 0) is 24.3 Å². The largest absolute Gasteiger partial charge is 0.480 e. The number of sulfonamides is 1. The number of alkyl carbamates (subject to hydrolysis) is 1. The Morgan fingerprint density at radius 2 is 1.60 bits per heavy atom. The van der Waals surface area contributed by atoms with E-state index in [-0.39, 0.29) is 28.9 Å². The Morgan fingerprint density at radius 1 is 0.971 bits per heavy atom. The van der Waals surface area contributed by atoms with Crippen LogP contribution >= 0.6 is 0 Å².